The Morgan fingerprint density at radius 3 is 2.72 bits per heavy atom. The Bertz CT molecular complexity index is 511. The van der Waals surface area contributed by atoms with Crippen molar-refractivity contribution < 1.29 is 8.42 Å². The molecular weight excluding hydrogens is 248 g/mol. The van der Waals surface area contributed by atoms with Crippen LogP contribution in [0.4, 0.5) is 0 Å². The SMILES string of the molecule is CC1CNCCN1S(=O)(=O)C=Cc1ccccc1. The highest BCUT2D eigenvalue weighted by Gasteiger charge is 2.27. The zero-order chi connectivity index (χ0) is 13.0. The molecule has 1 aliphatic heterocycles. The first-order chi connectivity index (χ1) is 8.59. The smallest absolute Gasteiger partial charge is 0.236 e. The zero-order valence-electron chi connectivity index (χ0n) is 10.4. The summed E-state index contributed by atoms with van der Waals surface area (Å²) >= 11 is 0. The summed E-state index contributed by atoms with van der Waals surface area (Å²) in [5.74, 6) is 0. The number of benzene rings is 1. The highest BCUT2D eigenvalue weighted by Crippen LogP contribution is 2.12. The number of nitrogens with one attached hydrogen (secondary N) is 1. The number of nitrogens with zero attached hydrogens (tertiary/aromatic N) is 1. The van der Waals surface area contributed by atoms with Crippen molar-refractivity contribution >= 4 is 16.1 Å². The first-order valence-electron chi connectivity index (χ1n) is 6.05. The molecule has 1 saturated heterocycles. The topological polar surface area (TPSA) is 49.4 Å². The Hall–Kier alpha value is -1.17. The van der Waals surface area contributed by atoms with Gasteiger partial charge in [-0.2, -0.15) is 4.31 Å². The van der Waals surface area contributed by atoms with Crippen molar-refractivity contribution in [2.45, 2.75) is 13.0 Å². The zero-order valence-corrected chi connectivity index (χ0v) is 11.2. The van der Waals surface area contributed by atoms with Crippen LogP contribution < -0.4 is 5.32 Å². The fourth-order valence-electron chi connectivity index (χ4n) is 2.01. The van der Waals surface area contributed by atoms with E-state index in [1.54, 1.807) is 10.4 Å². The minimum atomic E-state index is -3.32. The van der Waals surface area contributed by atoms with Crippen molar-refractivity contribution in [1.29, 1.82) is 0 Å². The molecule has 0 spiro atoms. The van der Waals surface area contributed by atoms with Crippen LogP contribution in [0.25, 0.3) is 6.08 Å². The van der Waals surface area contributed by atoms with Crippen molar-refractivity contribution in [1.82, 2.24) is 9.62 Å². The van der Waals surface area contributed by atoms with Crippen molar-refractivity contribution in [2.75, 3.05) is 19.6 Å². The van der Waals surface area contributed by atoms with Crippen molar-refractivity contribution in [3.05, 3.63) is 41.3 Å². The first kappa shape index (κ1) is 13.3. The second kappa shape index (κ2) is 5.65. The molecule has 0 bridgehead atoms. The van der Waals surface area contributed by atoms with Crippen LogP contribution in [0.5, 0.6) is 0 Å². The second-order valence-electron chi connectivity index (χ2n) is 4.42. The van der Waals surface area contributed by atoms with Crippen molar-refractivity contribution in [3.8, 4) is 0 Å². The predicted octanol–water partition coefficient (Wildman–Crippen LogP) is 1.28. The molecule has 98 valence electrons. The van der Waals surface area contributed by atoms with Gasteiger partial charge >= 0.3 is 0 Å². The van der Waals surface area contributed by atoms with E-state index in [1.165, 1.54) is 5.41 Å². The molecule has 0 aliphatic carbocycles. The normalized spacial score (nSPS) is 22.4. The lowest BCUT2D eigenvalue weighted by molar-refractivity contribution is 0.287. The number of rotatable bonds is 3. The molecule has 0 radical (unpaired) electrons. The van der Waals surface area contributed by atoms with E-state index in [-0.39, 0.29) is 6.04 Å². The van der Waals surface area contributed by atoms with Crippen LogP contribution in [0, 0.1) is 0 Å². The minimum absolute atomic E-state index is 0.00386. The summed E-state index contributed by atoms with van der Waals surface area (Å²) in [6.45, 7) is 3.86. The van der Waals surface area contributed by atoms with Gasteiger partial charge in [-0.05, 0) is 18.6 Å². The molecule has 0 saturated carbocycles. The average Bonchev–Trinajstić information content (AvgIpc) is 2.38. The second-order valence-corrected chi connectivity index (χ2v) is 6.19. The summed E-state index contributed by atoms with van der Waals surface area (Å²) in [6, 6.07) is 9.45. The van der Waals surface area contributed by atoms with E-state index in [9.17, 15) is 8.42 Å². The number of piperazine rings is 1. The van der Waals surface area contributed by atoms with E-state index in [0.29, 0.717) is 19.6 Å². The summed E-state index contributed by atoms with van der Waals surface area (Å²) in [6.07, 6.45) is 1.64. The predicted molar refractivity (Wildman–Crippen MR) is 73.4 cm³/mol. The van der Waals surface area contributed by atoms with Gasteiger partial charge < -0.3 is 5.32 Å². The van der Waals surface area contributed by atoms with Gasteiger partial charge in [-0.25, -0.2) is 8.42 Å². The molecule has 5 heteroatoms. The maximum Gasteiger partial charge on any atom is 0.236 e. The standard InChI is InChI=1S/C13H18N2O2S/c1-12-11-14-8-9-15(12)18(16,17)10-7-13-5-3-2-4-6-13/h2-7,10,12,14H,8-9,11H2,1H3. The third-order valence-electron chi connectivity index (χ3n) is 3.00. The van der Waals surface area contributed by atoms with Crippen molar-refractivity contribution in [2.24, 2.45) is 0 Å². The molecule has 1 aromatic carbocycles. The van der Waals surface area contributed by atoms with E-state index < -0.39 is 10.0 Å². The number of hydrogen-bond acceptors (Lipinski definition) is 3. The van der Waals surface area contributed by atoms with E-state index in [1.807, 2.05) is 37.3 Å². The quantitative estimate of drug-likeness (QED) is 0.896. The van der Waals surface area contributed by atoms with E-state index in [4.69, 9.17) is 0 Å². The molecule has 1 heterocycles. The molecule has 1 aromatic rings. The van der Waals surface area contributed by atoms with E-state index in [0.717, 1.165) is 5.56 Å². The molecule has 1 aliphatic rings. The number of hydrogen-bond donors (Lipinski definition) is 1. The van der Waals surface area contributed by atoms with Crippen LogP contribution in [-0.4, -0.2) is 38.4 Å². The lowest BCUT2D eigenvalue weighted by atomic mass is 10.2. The molecule has 1 atom stereocenters. The van der Waals surface area contributed by atoms with Gasteiger partial charge in [0.25, 0.3) is 0 Å². The van der Waals surface area contributed by atoms with Crippen LogP contribution in [0.15, 0.2) is 35.7 Å². The molecule has 1 unspecified atom stereocenters. The number of sulfonamides is 1. The minimum Gasteiger partial charge on any atom is -0.314 e. The molecule has 1 N–H and O–H groups in total. The highest BCUT2D eigenvalue weighted by molar-refractivity contribution is 7.92. The summed E-state index contributed by atoms with van der Waals surface area (Å²) in [5, 5.41) is 4.48. The summed E-state index contributed by atoms with van der Waals surface area (Å²) in [4.78, 5) is 0. The third kappa shape index (κ3) is 3.19. The Balaban J connectivity index is 2.14. The largest absolute Gasteiger partial charge is 0.314 e. The van der Waals surface area contributed by atoms with Crippen molar-refractivity contribution in [3.63, 3.8) is 0 Å². The lowest BCUT2D eigenvalue weighted by Crippen LogP contribution is -2.51. The third-order valence-corrected chi connectivity index (χ3v) is 4.68. The maximum absolute atomic E-state index is 12.2. The van der Waals surface area contributed by atoms with E-state index in [2.05, 4.69) is 5.32 Å². The Kier molecular flexibility index (Phi) is 4.16. The molecule has 2 rings (SSSR count). The van der Waals surface area contributed by atoms with Gasteiger partial charge in [0.15, 0.2) is 0 Å². The molecular formula is C13H18N2O2S. The Labute approximate surface area is 108 Å². The van der Waals surface area contributed by atoms with Crippen LogP contribution >= 0.6 is 0 Å². The monoisotopic (exact) mass is 266 g/mol. The van der Waals surface area contributed by atoms with Gasteiger partial charge in [-0.3, -0.25) is 0 Å². The van der Waals surface area contributed by atoms with Crippen LogP contribution in [0.1, 0.15) is 12.5 Å². The highest BCUT2D eigenvalue weighted by atomic mass is 32.2. The fourth-order valence-corrected chi connectivity index (χ4v) is 3.41. The fraction of sp³-hybridized carbons (Fsp3) is 0.385. The Morgan fingerprint density at radius 2 is 2.06 bits per heavy atom. The molecule has 0 aromatic heterocycles. The van der Waals surface area contributed by atoms with Gasteiger partial charge in [0.05, 0.1) is 0 Å². The Morgan fingerprint density at radius 1 is 1.33 bits per heavy atom. The van der Waals surface area contributed by atoms with Gasteiger partial charge in [0.2, 0.25) is 10.0 Å². The van der Waals surface area contributed by atoms with Gasteiger partial charge in [-0.15, -0.1) is 0 Å². The summed E-state index contributed by atoms with van der Waals surface area (Å²) in [5.41, 5.74) is 0.892. The average molecular weight is 266 g/mol. The summed E-state index contributed by atoms with van der Waals surface area (Å²) < 4.78 is 25.9. The van der Waals surface area contributed by atoms with Gasteiger partial charge in [0.1, 0.15) is 0 Å². The molecule has 4 nitrogen and oxygen atoms in total. The van der Waals surface area contributed by atoms with Gasteiger partial charge in [0, 0.05) is 31.1 Å². The maximum atomic E-state index is 12.2. The van der Waals surface area contributed by atoms with Crippen LogP contribution in [0.2, 0.25) is 0 Å². The van der Waals surface area contributed by atoms with E-state index >= 15 is 0 Å². The summed E-state index contributed by atoms with van der Waals surface area (Å²) in [7, 11) is -3.32. The van der Waals surface area contributed by atoms with Gasteiger partial charge in [-0.1, -0.05) is 30.3 Å². The lowest BCUT2D eigenvalue weighted by Gasteiger charge is -2.31. The molecule has 18 heavy (non-hydrogen) atoms. The molecule has 0 amide bonds. The van der Waals surface area contributed by atoms with Crippen LogP contribution in [-0.2, 0) is 10.0 Å². The first-order valence-corrected chi connectivity index (χ1v) is 7.55. The van der Waals surface area contributed by atoms with Crippen LogP contribution in [0.3, 0.4) is 0 Å². The molecule has 1 fully saturated rings.